The number of halogens is 3. The maximum atomic E-state index is 14.0. The van der Waals surface area contributed by atoms with Crippen LogP contribution in [0.5, 0.6) is 5.75 Å². The van der Waals surface area contributed by atoms with Crippen LogP contribution in [0.15, 0.2) is 18.2 Å². The fraction of sp³-hybridized carbons (Fsp3) is 0.286. The topological polar surface area (TPSA) is 52.6 Å². The summed E-state index contributed by atoms with van der Waals surface area (Å²) in [6.07, 6.45) is 0. The van der Waals surface area contributed by atoms with E-state index in [1.54, 1.807) is 0 Å². The molecule has 0 fully saturated rings. The van der Waals surface area contributed by atoms with Crippen molar-refractivity contribution in [3.8, 4) is 5.75 Å². The van der Waals surface area contributed by atoms with Crippen LogP contribution in [0.1, 0.15) is 24.2 Å². The minimum Gasteiger partial charge on any atom is -0.488 e. The largest absolute Gasteiger partial charge is 0.488 e. The van der Waals surface area contributed by atoms with Crippen LogP contribution in [-0.4, -0.2) is 25.0 Å². The molecule has 1 aromatic carbocycles. The Labute approximate surface area is 119 Å². The van der Waals surface area contributed by atoms with E-state index in [2.05, 4.69) is 16.1 Å². The Morgan fingerprint density at radius 2 is 1.76 bits per heavy atom. The molecule has 0 radical (unpaired) electrons. The summed E-state index contributed by atoms with van der Waals surface area (Å²) in [5.74, 6) is -7.70. The van der Waals surface area contributed by atoms with E-state index >= 15 is 0 Å². The first-order valence-corrected chi connectivity index (χ1v) is 6.06. The van der Waals surface area contributed by atoms with Crippen LogP contribution in [0.2, 0.25) is 0 Å². The normalized spacial score (nSPS) is 10.1. The van der Waals surface area contributed by atoms with E-state index in [0.29, 0.717) is 6.07 Å². The molecule has 0 saturated carbocycles. The van der Waals surface area contributed by atoms with Crippen LogP contribution >= 0.6 is 0 Å². The molecule has 0 amide bonds. The van der Waals surface area contributed by atoms with Gasteiger partial charge < -0.3 is 9.47 Å². The molecule has 21 heavy (non-hydrogen) atoms. The summed E-state index contributed by atoms with van der Waals surface area (Å²) in [7, 11) is 0. The molecule has 0 aliphatic rings. The van der Waals surface area contributed by atoms with Crippen molar-refractivity contribution in [2.45, 2.75) is 13.8 Å². The number of carbonyl (C=O) groups is 2. The summed E-state index contributed by atoms with van der Waals surface area (Å²) in [5.41, 5.74) is -1.54. The first-order chi connectivity index (χ1) is 9.84. The minimum absolute atomic E-state index is 0.0183. The van der Waals surface area contributed by atoms with E-state index in [9.17, 15) is 22.8 Å². The molecule has 0 spiro atoms. The lowest BCUT2D eigenvalue weighted by Gasteiger charge is -2.11. The number of ketones is 1. The summed E-state index contributed by atoms with van der Waals surface area (Å²) >= 11 is 0. The Balaban J connectivity index is 3.28. The van der Waals surface area contributed by atoms with Crippen molar-refractivity contribution in [2.75, 3.05) is 13.2 Å². The summed E-state index contributed by atoms with van der Waals surface area (Å²) < 4.78 is 50.0. The first kappa shape index (κ1) is 16.7. The standard InChI is InChI=1S/C14H13F3O4/c1-4-20-13-10(16)8(6-9(15)11(13)17)12(18)7(3)14(19)21-5-2/h6H,3-5H2,1-2H3. The van der Waals surface area contributed by atoms with Gasteiger partial charge in [0.25, 0.3) is 0 Å². The van der Waals surface area contributed by atoms with Gasteiger partial charge in [-0.2, -0.15) is 4.39 Å². The molecule has 114 valence electrons. The maximum absolute atomic E-state index is 14.0. The fourth-order valence-electron chi connectivity index (χ4n) is 1.49. The summed E-state index contributed by atoms with van der Waals surface area (Å²) in [4.78, 5) is 23.3. The lowest BCUT2D eigenvalue weighted by atomic mass is 10.0. The molecule has 7 heteroatoms. The van der Waals surface area contributed by atoms with Gasteiger partial charge in [0.2, 0.25) is 11.6 Å². The van der Waals surface area contributed by atoms with Crippen LogP contribution in [0.25, 0.3) is 0 Å². The second-order valence-electron chi connectivity index (χ2n) is 3.82. The van der Waals surface area contributed by atoms with Crippen LogP contribution in [0.3, 0.4) is 0 Å². The number of ether oxygens (including phenoxy) is 2. The monoisotopic (exact) mass is 302 g/mol. The van der Waals surface area contributed by atoms with Gasteiger partial charge in [0, 0.05) is 0 Å². The molecule has 0 saturated heterocycles. The van der Waals surface area contributed by atoms with E-state index in [-0.39, 0.29) is 13.2 Å². The zero-order chi connectivity index (χ0) is 16.2. The van der Waals surface area contributed by atoms with Crippen molar-refractivity contribution >= 4 is 11.8 Å². The van der Waals surface area contributed by atoms with E-state index in [1.807, 2.05) is 0 Å². The number of benzene rings is 1. The number of hydrogen-bond acceptors (Lipinski definition) is 4. The second kappa shape index (κ2) is 6.92. The smallest absolute Gasteiger partial charge is 0.341 e. The third-order valence-corrected chi connectivity index (χ3v) is 2.45. The van der Waals surface area contributed by atoms with Gasteiger partial charge in [0.1, 0.15) is 5.57 Å². The van der Waals surface area contributed by atoms with Crippen molar-refractivity contribution in [1.29, 1.82) is 0 Å². The summed E-state index contributed by atoms with van der Waals surface area (Å²) in [6, 6.07) is 0.347. The van der Waals surface area contributed by atoms with Crippen LogP contribution < -0.4 is 4.74 Å². The highest BCUT2D eigenvalue weighted by atomic mass is 19.2. The Morgan fingerprint density at radius 1 is 1.14 bits per heavy atom. The Bertz CT molecular complexity index is 596. The SMILES string of the molecule is C=C(C(=O)OCC)C(=O)c1cc(F)c(F)c(OCC)c1F. The van der Waals surface area contributed by atoms with Crippen LogP contribution in [0.4, 0.5) is 13.2 Å². The van der Waals surface area contributed by atoms with Crippen molar-refractivity contribution in [2.24, 2.45) is 0 Å². The number of carbonyl (C=O) groups excluding carboxylic acids is 2. The molecule has 1 rings (SSSR count). The molecule has 0 aliphatic carbocycles. The van der Waals surface area contributed by atoms with Crippen LogP contribution in [-0.2, 0) is 9.53 Å². The molecule has 4 nitrogen and oxygen atoms in total. The average molecular weight is 302 g/mol. The van der Waals surface area contributed by atoms with Gasteiger partial charge in [0.05, 0.1) is 18.8 Å². The summed E-state index contributed by atoms with van der Waals surface area (Å²) in [5, 5.41) is 0. The molecule has 0 unspecified atom stereocenters. The minimum atomic E-state index is -1.55. The first-order valence-electron chi connectivity index (χ1n) is 6.06. The number of hydrogen-bond donors (Lipinski definition) is 0. The third-order valence-electron chi connectivity index (χ3n) is 2.45. The van der Waals surface area contributed by atoms with Crippen molar-refractivity contribution in [3.63, 3.8) is 0 Å². The highest BCUT2D eigenvalue weighted by Crippen LogP contribution is 2.28. The van der Waals surface area contributed by atoms with E-state index < -0.39 is 46.1 Å². The molecule has 0 N–H and O–H groups in total. The fourth-order valence-corrected chi connectivity index (χ4v) is 1.49. The highest BCUT2D eigenvalue weighted by Gasteiger charge is 2.27. The maximum Gasteiger partial charge on any atom is 0.341 e. The molecule has 0 atom stereocenters. The molecule has 0 bridgehead atoms. The van der Waals surface area contributed by atoms with Gasteiger partial charge in [-0.3, -0.25) is 4.79 Å². The lowest BCUT2D eigenvalue weighted by Crippen LogP contribution is -2.17. The van der Waals surface area contributed by atoms with E-state index in [4.69, 9.17) is 0 Å². The Hall–Kier alpha value is -2.31. The molecule has 0 heterocycles. The van der Waals surface area contributed by atoms with Gasteiger partial charge in [-0.15, -0.1) is 0 Å². The summed E-state index contributed by atoms with van der Waals surface area (Å²) in [6.45, 7) is 5.95. The molecular weight excluding hydrogens is 289 g/mol. The van der Waals surface area contributed by atoms with Crippen LogP contribution in [0, 0.1) is 17.5 Å². The molecule has 1 aromatic rings. The van der Waals surface area contributed by atoms with Gasteiger partial charge in [0.15, 0.2) is 17.4 Å². The molecular formula is C14H13F3O4. The van der Waals surface area contributed by atoms with Gasteiger partial charge in [-0.25, -0.2) is 13.6 Å². The van der Waals surface area contributed by atoms with Gasteiger partial charge >= 0.3 is 5.97 Å². The Morgan fingerprint density at radius 3 is 2.29 bits per heavy atom. The Kier molecular flexibility index (Phi) is 5.52. The van der Waals surface area contributed by atoms with Crippen molar-refractivity contribution in [1.82, 2.24) is 0 Å². The van der Waals surface area contributed by atoms with Gasteiger partial charge in [-0.1, -0.05) is 6.58 Å². The third kappa shape index (κ3) is 3.42. The second-order valence-corrected chi connectivity index (χ2v) is 3.82. The van der Waals surface area contributed by atoms with Gasteiger partial charge in [-0.05, 0) is 19.9 Å². The van der Waals surface area contributed by atoms with E-state index in [1.165, 1.54) is 13.8 Å². The predicted molar refractivity (Wildman–Crippen MR) is 67.6 cm³/mol. The zero-order valence-electron chi connectivity index (χ0n) is 11.5. The van der Waals surface area contributed by atoms with E-state index in [0.717, 1.165) is 0 Å². The van der Waals surface area contributed by atoms with Crippen molar-refractivity contribution < 1.29 is 32.2 Å². The lowest BCUT2D eigenvalue weighted by molar-refractivity contribution is -0.138. The van der Waals surface area contributed by atoms with Crippen molar-refractivity contribution in [3.05, 3.63) is 41.2 Å². The molecule has 0 aromatic heterocycles. The average Bonchev–Trinajstić information content (AvgIpc) is 2.46. The number of Topliss-reactive ketones (excluding diaryl/α,β-unsaturated/α-hetero) is 1. The highest BCUT2D eigenvalue weighted by molar-refractivity contribution is 6.23. The predicted octanol–water partition coefficient (Wildman–Crippen LogP) is 2.80. The number of rotatable bonds is 6. The molecule has 0 aliphatic heterocycles. The number of esters is 1. The quantitative estimate of drug-likeness (QED) is 0.202. The zero-order valence-corrected chi connectivity index (χ0v) is 11.5.